The first-order valence-corrected chi connectivity index (χ1v) is 9.81. The Balaban J connectivity index is 1.74. The first kappa shape index (κ1) is 18.7. The third-order valence-electron chi connectivity index (χ3n) is 5.22. The smallest absolute Gasteiger partial charge is 0.258 e. The van der Waals surface area contributed by atoms with Gasteiger partial charge in [0.05, 0.1) is 0 Å². The molecule has 3 nitrogen and oxygen atoms in total. The predicted octanol–water partition coefficient (Wildman–Crippen LogP) is 4.84. The van der Waals surface area contributed by atoms with E-state index < -0.39 is 0 Å². The lowest BCUT2D eigenvalue weighted by Gasteiger charge is -2.39. The lowest BCUT2D eigenvalue weighted by atomic mass is 10.00. The summed E-state index contributed by atoms with van der Waals surface area (Å²) in [4.78, 5) is 17.8. The van der Waals surface area contributed by atoms with Crippen LogP contribution in [0.15, 0.2) is 60.7 Å². The second-order valence-electron chi connectivity index (χ2n) is 7.63. The molecule has 3 heteroatoms. The monoisotopic (exact) mass is 350 g/mol. The molecule has 1 fully saturated rings. The highest BCUT2D eigenvalue weighted by atomic mass is 16.2. The van der Waals surface area contributed by atoms with E-state index in [1.165, 1.54) is 13.0 Å². The van der Waals surface area contributed by atoms with Gasteiger partial charge < -0.3 is 9.80 Å². The molecule has 1 aliphatic rings. The predicted molar refractivity (Wildman–Crippen MR) is 109 cm³/mol. The van der Waals surface area contributed by atoms with Gasteiger partial charge in [-0.1, -0.05) is 50.2 Å². The van der Waals surface area contributed by atoms with Crippen LogP contribution in [0.3, 0.4) is 0 Å². The Morgan fingerprint density at radius 3 is 2.15 bits per heavy atom. The number of likely N-dealkylation sites (tertiary alicyclic amines) is 1. The maximum Gasteiger partial charge on any atom is 0.258 e. The van der Waals surface area contributed by atoms with Crippen molar-refractivity contribution in [3.8, 4) is 0 Å². The molecule has 0 aliphatic carbocycles. The van der Waals surface area contributed by atoms with Gasteiger partial charge in [0.2, 0.25) is 0 Å². The zero-order chi connectivity index (χ0) is 18.4. The van der Waals surface area contributed by atoms with Crippen molar-refractivity contribution in [1.82, 2.24) is 4.90 Å². The Morgan fingerprint density at radius 2 is 1.58 bits per heavy atom. The molecule has 0 spiro atoms. The van der Waals surface area contributed by atoms with Gasteiger partial charge in [-0.15, -0.1) is 0 Å². The highest BCUT2D eigenvalue weighted by Gasteiger charge is 2.29. The van der Waals surface area contributed by atoms with Crippen molar-refractivity contribution >= 4 is 11.6 Å². The minimum Gasteiger partial charge on any atom is -0.305 e. The van der Waals surface area contributed by atoms with Gasteiger partial charge in [0.25, 0.3) is 5.91 Å². The summed E-state index contributed by atoms with van der Waals surface area (Å²) in [5.41, 5.74) is 1.76. The van der Waals surface area contributed by atoms with E-state index in [4.69, 9.17) is 0 Å². The Kier molecular flexibility index (Phi) is 6.45. The average Bonchev–Trinajstić information content (AvgIpc) is 2.69. The van der Waals surface area contributed by atoms with E-state index in [9.17, 15) is 4.79 Å². The van der Waals surface area contributed by atoms with Crippen LogP contribution in [0, 0.1) is 5.92 Å². The summed E-state index contributed by atoms with van der Waals surface area (Å²) in [6.45, 7) is 7.87. The molecule has 1 heterocycles. The van der Waals surface area contributed by atoms with Crippen LogP contribution in [0.25, 0.3) is 0 Å². The van der Waals surface area contributed by atoms with E-state index in [0.717, 1.165) is 43.1 Å². The number of carbonyl (C=O) groups is 1. The Labute approximate surface area is 157 Å². The van der Waals surface area contributed by atoms with Crippen molar-refractivity contribution < 1.29 is 4.79 Å². The van der Waals surface area contributed by atoms with Crippen molar-refractivity contribution in [3.05, 3.63) is 66.2 Å². The summed E-state index contributed by atoms with van der Waals surface area (Å²) in [7, 11) is 0. The van der Waals surface area contributed by atoms with Crippen molar-refractivity contribution in [2.75, 3.05) is 24.5 Å². The molecule has 0 N–H and O–H groups in total. The lowest BCUT2D eigenvalue weighted by molar-refractivity contribution is 0.0959. The van der Waals surface area contributed by atoms with Crippen molar-refractivity contribution in [2.45, 2.75) is 39.2 Å². The van der Waals surface area contributed by atoms with E-state index >= 15 is 0 Å². The van der Waals surface area contributed by atoms with Crippen LogP contribution < -0.4 is 4.90 Å². The van der Waals surface area contributed by atoms with Crippen LogP contribution in [0.5, 0.6) is 0 Å². The summed E-state index contributed by atoms with van der Waals surface area (Å²) in [5, 5.41) is 0. The van der Waals surface area contributed by atoms with Crippen LogP contribution >= 0.6 is 0 Å². The van der Waals surface area contributed by atoms with Crippen LogP contribution in [0.1, 0.15) is 43.5 Å². The number of hydrogen-bond acceptors (Lipinski definition) is 2. The minimum atomic E-state index is 0.109. The Bertz CT molecular complexity index is 676. The Morgan fingerprint density at radius 1 is 1.00 bits per heavy atom. The van der Waals surface area contributed by atoms with Gasteiger partial charge in [-0.3, -0.25) is 4.79 Å². The van der Waals surface area contributed by atoms with Crippen LogP contribution in [0.2, 0.25) is 0 Å². The largest absolute Gasteiger partial charge is 0.305 e. The summed E-state index contributed by atoms with van der Waals surface area (Å²) < 4.78 is 0. The van der Waals surface area contributed by atoms with E-state index in [-0.39, 0.29) is 11.9 Å². The summed E-state index contributed by atoms with van der Waals surface area (Å²) in [6.07, 6.45) is 3.31. The molecule has 1 aliphatic heterocycles. The zero-order valence-electron chi connectivity index (χ0n) is 16.0. The van der Waals surface area contributed by atoms with Crippen LogP contribution in [0.4, 0.5) is 5.69 Å². The minimum absolute atomic E-state index is 0.109. The maximum absolute atomic E-state index is 13.3. The number of benzene rings is 2. The number of rotatable bonds is 6. The number of amides is 1. The van der Waals surface area contributed by atoms with E-state index in [1.807, 2.05) is 65.6 Å². The molecule has 2 aromatic rings. The van der Waals surface area contributed by atoms with Gasteiger partial charge in [-0.05, 0) is 56.0 Å². The fourth-order valence-electron chi connectivity index (χ4n) is 3.64. The van der Waals surface area contributed by atoms with Gasteiger partial charge in [0, 0.05) is 30.4 Å². The standard InChI is InChI=1S/C23H30N2O/c1-19(2)13-16-24-17-14-22(15-18-24)25(21-11-7-4-8-12-21)23(26)20-9-5-3-6-10-20/h3-12,19,22H,13-18H2,1-2H3. The van der Waals surface area contributed by atoms with Gasteiger partial charge in [0.15, 0.2) is 0 Å². The van der Waals surface area contributed by atoms with E-state index in [0.29, 0.717) is 0 Å². The quantitative estimate of drug-likeness (QED) is 0.744. The SMILES string of the molecule is CC(C)CCN1CCC(N(C(=O)c2ccccc2)c2ccccc2)CC1. The van der Waals surface area contributed by atoms with Gasteiger partial charge >= 0.3 is 0 Å². The molecular weight excluding hydrogens is 320 g/mol. The van der Waals surface area contributed by atoms with E-state index in [2.05, 4.69) is 18.7 Å². The molecule has 1 amide bonds. The molecule has 1 saturated heterocycles. The second kappa shape index (κ2) is 9.00. The summed E-state index contributed by atoms with van der Waals surface area (Å²) in [5.74, 6) is 0.852. The number of hydrogen-bond donors (Lipinski definition) is 0. The van der Waals surface area contributed by atoms with Crippen molar-refractivity contribution in [2.24, 2.45) is 5.92 Å². The number of piperidine rings is 1. The molecule has 0 unspecified atom stereocenters. The number of nitrogens with zero attached hydrogens (tertiary/aromatic N) is 2. The van der Waals surface area contributed by atoms with Gasteiger partial charge in [0.1, 0.15) is 0 Å². The highest BCUT2D eigenvalue weighted by molar-refractivity contribution is 6.06. The molecule has 0 aromatic heterocycles. The average molecular weight is 351 g/mol. The van der Waals surface area contributed by atoms with Crippen LogP contribution in [-0.4, -0.2) is 36.5 Å². The van der Waals surface area contributed by atoms with Gasteiger partial charge in [-0.25, -0.2) is 0 Å². The normalized spacial score (nSPS) is 16.0. The lowest BCUT2D eigenvalue weighted by Crippen LogP contribution is -2.48. The van der Waals surface area contributed by atoms with Crippen LogP contribution in [-0.2, 0) is 0 Å². The maximum atomic E-state index is 13.3. The third kappa shape index (κ3) is 4.73. The first-order chi connectivity index (χ1) is 12.6. The third-order valence-corrected chi connectivity index (χ3v) is 5.22. The van der Waals surface area contributed by atoms with E-state index in [1.54, 1.807) is 0 Å². The molecule has 3 rings (SSSR count). The number of carbonyl (C=O) groups excluding carboxylic acids is 1. The fraction of sp³-hybridized carbons (Fsp3) is 0.435. The molecular formula is C23H30N2O. The summed E-state index contributed by atoms with van der Waals surface area (Å²) in [6, 6.07) is 20.0. The molecule has 2 aromatic carbocycles. The number of para-hydroxylation sites is 1. The molecule has 0 atom stereocenters. The molecule has 138 valence electrons. The summed E-state index contributed by atoms with van der Waals surface area (Å²) >= 11 is 0. The fourth-order valence-corrected chi connectivity index (χ4v) is 3.64. The zero-order valence-corrected chi connectivity index (χ0v) is 16.0. The number of anilines is 1. The highest BCUT2D eigenvalue weighted by Crippen LogP contribution is 2.26. The first-order valence-electron chi connectivity index (χ1n) is 9.81. The molecule has 0 radical (unpaired) electrons. The molecule has 26 heavy (non-hydrogen) atoms. The van der Waals surface area contributed by atoms with Gasteiger partial charge in [-0.2, -0.15) is 0 Å². The molecule has 0 saturated carbocycles. The topological polar surface area (TPSA) is 23.6 Å². The van der Waals surface area contributed by atoms with Crippen molar-refractivity contribution in [3.63, 3.8) is 0 Å². The molecule has 0 bridgehead atoms. The van der Waals surface area contributed by atoms with Crippen molar-refractivity contribution in [1.29, 1.82) is 0 Å². The second-order valence-corrected chi connectivity index (χ2v) is 7.63. The Hall–Kier alpha value is -2.13.